The molecule has 16 rings (SSSR count). The quantitative estimate of drug-likeness (QED) is 0.162. The van der Waals surface area contributed by atoms with Gasteiger partial charge in [0.15, 0.2) is 0 Å². The van der Waals surface area contributed by atoms with Gasteiger partial charge in [-0.15, -0.1) is 0 Å². The fraction of sp³-hybridized carbons (Fsp3) is 0.103. The summed E-state index contributed by atoms with van der Waals surface area (Å²) in [5.74, 6) is -0.425. The van der Waals surface area contributed by atoms with E-state index in [1.807, 2.05) is 0 Å². The maximum atomic E-state index is 6.40. The predicted molar refractivity (Wildman–Crippen MR) is 299 cm³/mol. The molecule has 0 radical (unpaired) electrons. The third-order valence-corrected chi connectivity index (χ3v) is 16.4. The van der Waals surface area contributed by atoms with Crippen molar-refractivity contribution in [3.63, 3.8) is 0 Å². The van der Waals surface area contributed by atoms with Crippen molar-refractivity contribution in [2.24, 2.45) is 9.98 Å². The Bertz CT molecular complexity index is 4430. The Kier molecular flexibility index (Phi) is 8.42. The summed E-state index contributed by atoms with van der Waals surface area (Å²) in [4.78, 5) is 18.9. The van der Waals surface area contributed by atoms with Gasteiger partial charge in [-0.2, -0.15) is 0 Å². The van der Waals surface area contributed by atoms with Crippen LogP contribution in [0, 0.1) is 0 Å². The van der Waals surface area contributed by atoms with E-state index in [2.05, 4.69) is 211 Å². The van der Waals surface area contributed by atoms with Gasteiger partial charge in [0.05, 0.1) is 22.8 Å². The molecule has 0 aliphatic carbocycles. The minimum Gasteiger partial charge on any atom is -0.275 e. The highest BCUT2D eigenvalue weighted by atomic mass is 15.4. The summed E-state index contributed by atoms with van der Waals surface area (Å²) in [6.45, 7) is 0. The molecule has 338 valence electrons. The van der Waals surface area contributed by atoms with Gasteiger partial charge in [-0.25, -0.2) is 15.0 Å². The number of aryl methyl sites for hydroxylation is 4. The Balaban J connectivity index is 1.12. The molecule has 1 aromatic heterocycles. The van der Waals surface area contributed by atoms with Crippen LogP contribution in [0.4, 0.5) is 0 Å². The van der Waals surface area contributed by atoms with Crippen LogP contribution in [0.1, 0.15) is 51.8 Å². The lowest BCUT2D eigenvalue weighted by Gasteiger charge is -2.33. The lowest BCUT2D eigenvalue weighted by atomic mass is 9.88. The first-order valence-electron chi connectivity index (χ1n) is 25.7. The minimum atomic E-state index is -1.31. The monoisotopic (exact) mass is 918 g/mol. The van der Waals surface area contributed by atoms with Crippen LogP contribution >= 0.6 is 0 Å². The van der Waals surface area contributed by atoms with E-state index in [-0.39, 0.29) is 0 Å². The molecule has 3 aliphatic rings. The van der Waals surface area contributed by atoms with Gasteiger partial charge >= 0.3 is 0 Å². The standard InChI is InChI=1S/C68H46N4/c1-3-14-50(15-4-1)63-64(55-37-35-49-33-31-45-20-9-21-47-34-36-54(55)62(49)59(45)47)71-68(70-63)58-39-42-13-7-12-41-26-28-43(18-8-19-44(58)29-27-42)56(38-41)67-69-65(66(72(67)68)51-16-5-2-6-17-51)57-40-52-24-10-22-46-30-32-48-23-11-25-53(57)61(48)60(46)52/h1-6,9-11,14-17,20-40H,7-8,12-13,18-19H2. The van der Waals surface area contributed by atoms with Gasteiger partial charge in [-0.3, -0.25) is 4.57 Å². The zero-order valence-corrected chi connectivity index (χ0v) is 39.7. The van der Waals surface area contributed by atoms with Crippen LogP contribution in [0.3, 0.4) is 0 Å². The van der Waals surface area contributed by atoms with E-state index in [1.165, 1.54) is 86.9 Å². The number of aliphatic imine (C=N–C) groups is 2. The van der Waals surface area contributed by atoms with Crippen molar-refractivity contribution in [2.45, 2.75) is 44.3 Å². The highest BCUT2D eigenvalue weighted by Crippen LogP contribution is 2.51. The molecular weight excluding hydrogens is 873 g/mol. The van der Waals surface area contributed by atoms with Gasteiger partial charge < -0.3 is 0 Å². The number of fused-ring (bicyclic) bond motifs is 2. The van der Waals surface area contributed by atoms with E-state index in [0.717, 1.165) is 101 Å². The summed E-state index contributed by atoms with van der Waals surface area (Å²) in [6.07, 6.45) is 5.79. The van der Waals surface area contributed by atoms with Gasteiger partial charge in [0.1, 0.15) is 5.82 Å². The third kappa shape index (κ3) is 5.72. The SMILES string of the molecule is c1ccc(C2=NC3(N=C2c2ccc4ccc5cccc6ccc2c4c56)c2cc4ccc2CCCc2ccc(cc2-c2nc(-c5cc6cccc7ccc8cccc5c8c76)c(-c5ccccc5)n23)CCC4)cc1. The molecule has 0 saturated carbocycles. The van der Waals surface area contributed by atoms with Crippen molar-refractivity contribution in [2.75, 3.05) is 0 Å². The molecule has 4 bridgehead atoms. The van der Waals surface area contributed by atoms with E-state index in [9.17, 15) is 0 Å². The molecule has 4 heterocycles. The average Bonchev–Trinajstić information content (AvgIpc) is 4.04. The second kappa shape index (κ2) is 15.1. The largest absolute Gasteiger partial charge is 0.275 e. The molecule has 0 N–H and O–H groups in total. The van der Waals surface area contributed by atoms with Gasteiger partial charge in [0.2, 0.25) is 0 Å². The van der Waals surface area contributed by atoms with Crippen molar-refractivity contribution in [3.8, 4) is 33.9 Å². The van der Waals surface area contributed by atoms with Crippen LogP contribution in [0.5, 0.6) is 0 Å². The first-order chi connectivity index (χ1) is 35.6. The smallest absolute Gasteiger partial charge is 0.261 e. The number of aromatic nitrogens is 2. The first kappa shape index (κ1) is 40.0. The molecule has 3 aliphatic heterocycles. The van der Waals surface area contributed by atoms with Crippen LogP contribution in [0.15, 0.2) is 216 Å². The molecule has 0 amide bonds. The fourth-order valence-corrected chi connectivity index (χ4v) is 13.1. The molecule has 12 aromatic carbocycles. The van der Waals surface area contributed by atoms with Gasteiger partial charge in [0, 0.05) is 33.4 Å². The Morgan fingerprint density at radius 1 is 0.375 bits per heavy atom. The molecule has 1 spiro atoms. The second-order valence-corrected chi connectivity index (χ2v) is 20.4. The van der Waals surface area contributed by atoms with E-state index in [0.29, 0.717) is 0 Å². The summed E-state index contributed by atoms with van der Waals surface area (Å²) >= 11 is 0. The fourth-order valence-electron chi connectivity index (χ4n) is 13.1. The van der Waals surface area contributed by atoms with Gasteiger partial charge in [0.25, 0.3) is 5.79 Å². The second-order valence-electron chi connectivity index (χ2n) is 20.4. The number of hydrogen-bond donors (Lipinski definition) is 0. The van der Waals surface area contributed by atoms with E-state index < -0.39 is 5.79 Å². The summed E-state index contributed by atoms with van der Waals surface area (Å²) in [5.41, 5.74) is 15.5. The molecule has 4 nitrogen and oxygen atoms in total. The van der Waals surface area contributed by atoms with Crippen LogP contribution in [-0.2, 0) is 31.5 Å². The highest BCUT2D eigenvalue weighted by Gasteiger charge is 2.47. The summed E-state index contributed by atoms with van der Waals surface area (Å²) in [7, 11) is 0. The number of benzene rings is 12. The highest BCUT2D eigenvalue weighted by molar-refractivity contribution is 6.56. The zero-order valence-electron chi connectivity index (χ0n) is 39.7. The Morgan fingerprint density at radius 2 is 0.931 bits per heavy atom. The van der Waals surface area contributed by atoms with E-state index in [4.69, 9.17) is 15.0 Å². The van der Waals surface area contributed by atoms with Crippen molar-refractivity contribution in [3.05, 3.63) is 245 Å². The Morgan fingerprint density at radius 3 is 1.68 bits per heavy atom. The van der Waals surface area contributed by atoms with Crippen LogP contribution in [0.2, 0.25) is 0 Å². The normalized spacial score (nSPS) is 16.5. The topological polar surface area (TPSA) is 42.5 Å². The van der Waals surface area contributed by atoms with Crippen molar-refractivity contribution in [1.82, 2.24) is 9.55 Å². The molecule has 72 heavy (non-hydrogen) atoms. The predicted octanol–water partition coefficient (Wildman–Crippen LogP) is 16.3. The summed E-state index contributed by atoms with van der Waals surface area (Å²) in [5, 5.41) is 14.9. The lowest BCUT2D eigenvalue weighted by Crippen LogP contribution is -2.33. The van der Waals surface area contributed by atoms with E-state index in [1.54, 1.807) is 0 Å². The Labute approximate surface area is 417 Å². The number of rotatable bonds is 4. The first-order valence-corrected chi connectivity index (χ1v) is 25.7. The summed E-state index contributed by atoms with van der Waals surface area (Å²) < 4.78 is 2.50. The van der Waals surface area contributed by atoms with Crippen LogP contribution in [0.25, 0.3) is 98.5 Å². The molecular formula is C68H46N4. The van der Waals surface area contributed by atoms with Crippen LogP contribution < -0.4 is 0 Å². The van der Waals surface area contributed by atoms with Crippen molar-refractivity contribution < 1.29 is 0 Å². The van der Waals surface area contributed by atoms with Crippen molar-refractivity contribution in [1.29, 1.82) is 0 Å². The number of nitrogens with zero attached hydrogens (tertiary/aromatic N) is 4. The minimum absolute atomic E-state index is 0.877. The maximum absolute atomic E-state index is 6.40. The van der Waals surface area contributed by atoms with Gasteiger partial charge in [-0.05, 0) is 144 Å². The zero-order chi connectivity index (χ0) is 47.1. The van der Waals surface area contributed by atoms with E-state index >= 15 is 0 Å². The molecule has 1 atom stereocenters. The molecule has 0 saturated heterocycles. The summed E-state index contributed by atoms with van der Waals surface area (Å²) in [6, 6.07) is 77.1. The molecule has 0 fully saturated rings. The molecule has 4 heteroatoms. The number of hydrogen-bond acceptors (Lipinski definition) is 3. The Hall–Kier alpha value is -8.73. The molecule has 1 unspecified atom stereocenters. The van der Waals surface area contributed by atoms with Gasteiger partial charge in [-0.1, -0.05) is 188 Å². The van der Waals surface area contributed by atoms with Crippen LogP contribution in [-0.4, -0.2) is 21.0 Å². The average molecular weight is 919 g/mol. The number of imidazole rings is 1. The maximum Gasteiger partial charge on any atom is 0.261 e. The lowest BCUT2D eigenvalue weighted by molar-refractivity contribution is 0.403. The third-order valence-electron chi connectivity index (χ3n) is 16.4. The molecule has 13 aromatic rings. The van der Waals surface area contributed by atoms with Crippen molar-refractivity contribution >= 4 is 76.1 Å².